The molecule has 1 unspecified atom stereocenters. The van der Waals surface area contributed by atoms with E-state index in [1.165, 1.54) is 0 Å². The molecule has 0 aliphatic carbocycles. The van der Waals surface area contributed by atoms with Crippen LogP contribution in [0.1, 0.15) is 33.6 Å². The summed E-state index contributed by atoms with van der Waals surface area (Å²) in [6.45, 7) is 6.51. The summed E-state index contributed by atoms with van der Waals surface area (Å²) in [5, 5.41) is 17.2. The number of benzene rings is 1. The summed E-state index contributed by atoms with van der Waals surface area (Å²) in [4.78, 5) is 26.4. The number of tetrazole rings is 1. The number of ether oxygens (including phenoxy) is 1. The Morgan fingerprint density at radius 3 is 2.76 bits per heavy atom. The van der Waals surface area contributed by atoms with Crippen molar-refractivity contribution in [2.45, 2.75) is 45.3 Å². The molecule has 0 bridgehead atoms. The lowest BCUT2D eigenvalue weighted by Gasteiger charge is -2.33. The Kier molecular flexibility index (Phi) is 6.00. The Hall–Kier alpha value is -3.17. The van der Waals surface area contributed by atoms with E-state index in [9.17, 15) is 9.59 Å². The molecule has 1 fully saturated rings. The van der Waals surface area contributed by atoms with Crippen LogP contribution in [0.4, 0.5) is 15.3 Å². The van der Waals surface area contributed by atoms with Gasteiger partial charge in [-0.2, -0.15) is 0 Å². The number of amides is 3. The van der Waals surface area contributed by atoms with Crippen molar-refractivity contribution >= 4 is 17.8 Å². The van der Waals surface area contributed by atoms with E-state index in [0.717, 1.165) is 18.4 Å². The minimum Gasteiger partial charge on any atom is -0.444 e. The predicted octanol–water partition coefficient (Wildman–Crippen LogP) is 2.40. The minimum atomic E-state index is -0.556. The van der Waals surface area contributed by atoms with E-state index >= 15 is 0 Å². The number of carbonyl (C=O) groups excluding carboxylic acids is 2. The van der Waals surface area contributed by atoms with Crippen molar-refractivity contribution < 1.29 is 14.3 Å². The molecule has 2 heterocycles. The number of likely N-dealkylation sites (tertiary alicyclic amines) is 1. The largest absolute Gasteiger partial charge is 0.444 e. The molecule has 1 atom stereocenters. The number of urea groups is 1. The van der Waals surface area contributed by atoms with E-state index in [-0.39, 0.29) is 12.1 Å². The van der Waals surface area contributed by atoms with Gasteiger partial charge in [0.15, 0.2) is 5.82 Å². The highest BCUT2D eigenvalue weighted by molar-refractivity contribution is 5.90. The maximum Gasteiger partial charge on any atom is 0.407 e. The standard InChI is InChI=1S/C19H27N7O3/c1-19(2,3)29-18(28)21-15-9-6-10-26(12-15)17(27)20-14-8-5-7-13(11-14)16-22-23-24-25(16)4/h5,7-8,11,15H,6,9-10,12H2,1-4H3,(H,20,27)(H,21,28). The molecule has 2 aromatic rings. The van der Waals surface area contributed by atoms with Crippen molar-refractivity contribution in [2.24, 2.45) is 7.05 Å². The van der Waals surface area contributed by atoms with Gasteiger partial charge in [-0.1, -0.05) is 12.1 Å². The van der Waals surface area contributed by atoms with Crippen LogP contribution < -0.4 is 10.6 Å². The van der Waals surface area contributed by atoms with Gasteiger partial charge in [-0.25, -0.2) is 14.3 Å². The topological polar surface area (TPSA) is 114 Å². The Morgan fingerprint density at radius 1 is 1.28 bits per heavy atom. The lowest BCUT2D eigenvalue weighted by atomic mass is 10.1. The summed E-state index contributed by atoms with van der Waals surface area (Å²) in [5.41, 5.74) is 0.898. The second-order valence-electron chi connectivity index (χ2n) is 8.07. The molecule has 1 saturated heterocycles. The lowest BCUT2D eigenvalue weighted by Crippen LogP contribution is -2.51. The number of hydrogen-bond acceptors (Lipinski definition) is 6. The number of carbonyl (C=O) groups is 2. The summed E-state index contributed by atoms with van der Waals surface area (Å²) in [7, 11) is 1.76. The molecule has 1 aliphatic rings. The molecule has 3 rings (SSSR count). The summed E-state index contributed by atoms with van der Waals surface area (Å²) in [6, 6.07) is 7.00. The first-order chi connectivity index (χ1) is 13.7. The molecule has 29 heavy (non-hydrogen) atoms. The predicted molar refractivity (Wildman–Crippen MR) is 107 cm³/mol. The highest BCUT2D eigenvalue weighted by Crippen LogP contribution is 2.20. The molecule has 3 amide bonds. The zero-order valence-electron chi connectivity index (χ0n) is 17.2. The molecule has 156 valence electrons. The molecule has 10 heteroatoms. The van der Waals surface area contributed by atoms with Gasteiger partial charge in [0, 0.05) is 37.4 Å². The van der Waals surface area contributed by atoms with Gasteiger partial charge in [0.1, 0.15) is 5.60 Å². The number of nitrogens with zero attached hydrogens (tertiary/aromatic N) is 5. The Balaban J connectivity index is 1.59. The molecule has 2 N–H and O–H groups in total. The summed E-state index contributed by atoms with van der Waals surface area (Å²) < 4.78 is 6.87. The number of rotatable bonds is 3. The second-order valence-corrected chi connectivity index (χ2v) is 8.07. The van der Waals surface area contributed by atoms with Crippen LogP contribution in [-0.4, -0.2) is 62.0 Å². The molecule has 1 aromatic carbocycles. The van der Waals surface area contributed by atoms with Crippen molar-refractivity contribution in [1.82, 2.24) is 30.4 Å². The first-order valence-corrected chi connectivity index (χ1v) is 9.59. The number of anilines is 1. The highest BCUT2D eigenvalue weighted by Gasteiger charge is 2.26. The van der Waals surface area contributed by atoms with Gasteiger partial charge in [0.05, 0.1) is 0 Å². The van der Waals surface area contributed by atoms with Crippen molar-refractivity contribution in [2.75, 3.05) is 18.4 Å². The summed E-state index contributed by atoms with van der Waals surface area (Å²) >= 11 is 0. The van der Waals surface area contributed by atoms with Gasteiger partial charge in [-0.05, 0) is 56.2 Å². The van der Waals surface area contributed by atoms with E-state index in [0.29, 0.717) is 24.6 Å². The summed E-state index contributed by atoms with van der Waals surface area (Å²) in [6.07, 6.45) is 1.14. The number of piperidine rings is 1. The molecular formula is C19H27N7O3. The monoisotopic (exact) mass is 401 g/mol. The van der Waals surface area contributed by atoms with Gasteiger partial charge < -0.3 is 20.3 Å². The minimum absolute atomic E-state index is 0.139. The van der Waals surface area contributed by atoms with Gasteiger partial charge in [0.2, 0.25) is 0 Å². The van der Waals surface area contributed by atoms with Crippen molar-refractivity contribution in [1.29, 1.82) is 0 Å². The third-order valence-electron chi connectivity index (χ3n) is 4.42. The van der Waals surface area contributed by atoms with Gasteiger partial charge in [0.25, 0.3) is 0 Å². The van der Waals surface area contributed by atoms with Crippen LogP contribution in [0.15, 0.2) is 24.3 Å². The normalized spacial score (nSPS) is 17.0. The number of alkyl carbamates (subject to hydrolysis) is 1. The number of aromatic nitrogens is 4. The SMILES string of the molecule is Cn1nnnc1-c1cccc(NC(=O)N2CCCC(NC(=O)OC(C)(C)C)C2)c1. The van der Waals surface area contributed by atoms with Crippen LogP contribution in [0.5, 0.6) is 0 Å². The lowest BCUT2D eigenvalue weighted by molar-refractivity contribution is 0.0480. The van der Waals surface area contributed by atoms with Crippen LogP contribution in [0, 0.1) is 0 Å². The van der Waals surface area contributed by atoms with E-state index in [4.69, 9.17) is 4.74 Å². The van der Waals surface area contributed by atoms with Crippen LogP contribution in [0.3, 0.4) is 0 Å². The third kappa shape index (κ3) is 5.66. The fraction of sp³-hybridized carbons (Fsp3) is 0.526. The van der Waals surface area contributed by atoms with Crippen molar-refractivity contribution in [3.05, 3.63) is 24.3 Å². The smallest absolute Gasteiger partial charge is 0.407 e. The number of aryl methyl sites for hydroxylation is 1. The molecule has 1 aromatic heterocycles. The second kappa shape index (κ2) is 8.46. The zero-order chi connectivity index (χ0) is 21.0. The van der Waals surface area contributed by atoms with E-state index in [1.54, 1.807) is 16.6 Å². The average Bonchev–Trinajstić information content (AvgIpc) is 3.06. The van der Waals surface area contributed by atoms with Crippen molar-refractivity contribution in [3.8, 4) is 11.4 Å². The maximum atomic E-state index is 12.7. The molecule has 10 nitrogen and oxygen atoms in total. The first kappa shape index (κ1) is 20.6. The van der Waals surface area contributed by atoms with E-state index < -0.39 is 11.7 Å². The number of nitrogens with one attached hydrogen (secondary N) is 2. The van der Waals surface area contributed by atoms with Gasteiger partial charge in [-0.3, -0.25) is 0 Å². The fourth-order valence-corrected chi connectivity index (χ4v) is 3.17. The molecule has 0 radical (unpaired) electrons. The van der Waals surface area contributed by atoms with Crippen LogP contribution in [-0.2, 0) is 11.8 Å². The van der Waals surface area contributed by atoms with Crippen LogP contribution in [0.25, 0.3) is 11.4 Å². The van der Waals surface area contributed by atoms with E-state index in [1.807, 2.05) is 45.0 Å². The maximum absolute atomic E-state index is 12.7. The molecule has 1 aliphatic heterocycles. The van der Waals surface area contributed by atoms with Gasteiger partial charge >= 0.3 is 12.1 Å². The van der Waals surface area contributed by atoms with Gasteiger partial charge in [-0.15, -0.1) is 5.10 Å². The highest BCUT2D eigenvalue weighted by atomic mass is 16.6. The average molecular weight is 401 g/mol. The quantitative estimate of drug-likeness (QED) is 0.816. The first-order valence-electron chi connectivity index (χ1n) is 9.59. The Bertz CT molecular complexity index is 875. The summed E-state index contributed by atoms with van der Waals surface area (Å²) in [5.74, 6) is 0.612. The third-order valence-corrected chi connectivity index (χ3v) is 4.42. The van der Waals surface area contributed by atoms with Crippen LogP contribution in [0.2, 0.25) is 0 Å². The fourth-order valence-electron chi connectivity index (χ4n) is 3.17. The Morgan fingerprint density at radius 2 is 2.07 bits per heavy atom. The number of hydrogen-bond donors (Lipinski definition) is 2. The van der Waals surface area contributed by atoms with Crippen LogP contribution >= 0.6 is 0 Å². The van der Waals surface area contributed by atoms with E-state index in [2.05, 4.69) is 26.2 Å². The molecule has 0 saturated carbocycles. The molecule has 0 spiro atoms. The van der Waals surface area contributed by atoms with Crippen molar-refractivity contribution in [3.63, 3.8) is 0 Å². The Labute approximate surface area is 169 Å². The molecular weight excluding hydrogens is 374 g/mol. The zero-order valence-corrected chi connectivity index (χ0v) is 17.2.